The van der Waals surface area contributed by atoms with Crippen LogP contribution >= 0.6 is 12.2 Å². The van der Waals surface area contributed by atoms with Gasteiger partial charge in [-0.1, -0.05) is 64.5 Å². The van der Waals surface area contributed by atoms with Crippen LogP contribution in [0.5, 0.6) is 5.75 Å². The van der Waals surface area contributed by atoms with E-state index in [4.69, 9.17) is 17.0 Å². The van der Waals surface area contributed by atoms with Crippen molar-refractivity contribution in [1.29, 1.82) is 0 Å². The number of rotatable bonds is 11. The first kappa shape index (κ1) is 21.1. The molecule has 1 aliphatic rings. The minimum atomic E-state index is 0.596. The highest BCUT2D eigenvalue weighted by molar-refractivity contribution is 7.78. The highest BCUT2D eigenvalue weighted by Crippen LogP contribution is 2.44. The summed E-state index contributed by atoms with van der Waals surface area (Å²) in [7, 11) is 0. The summed E-state index contributed by atoms with van der Waals surface area (Å²) in [5.74, 6) is 2.46. The summed E-state index contributed by atoms with van der Waals surface area (Å²) in [6.45, 7) is 5.15. The van der Waals surface area contributed by atoms with Gasteiger partial charge in [0.2, 0.25) is 0 Å². The third-order valence-corrected chi connectivity index (χ3v) is 5.74. The SMILES string of the molecule is CCCCCCCC1CCC(c2cccc(N=C=S)c2OCCC)CC1. The van der Waals surface area contributed by atoms with Crippen molar-refractivity contribution in [2.24, 2.45) is 10.9 Å². The molecule has 0 atom stereocenters. The van der Waals surface area contributed by atoms with Crippen LogP contribution in [-0.2, 0) is 0 Å². The van der Waals surface area contributed by atoms with Crippen molar-refractivity contribution < 1.29 is 4.74 Å². The number of hydrogen-bond donors (Lipinski definition) is 0. The fraction of sp³-hybridized carbons (Fsp3) is 0.696. The number of thiocarbonyl (C=S) groups is 1. The van der Waals surface area contributed by atoms with E-state index in [9.17, 15) is 0 Å². The maximum atomic E-state index is 6.07. The third-order valence-electron chi connectivity index (χ3n) is 5.64. The Morgan fingerprint density at radius 1 is 1.04 bits per heavy atom. The van der Waals surface area contributed by atoms with E-state index in [1.165, 1.54) is 69.8 Å². The maximum absolute atomic E-state index is 6.07. The van der Waals surface area contributed by atoms with Crippen LogP contribution < -0.4 is 4.74 Å². The Morgan fingerprint density at radius 2 is 1.81 bits per heavy atom. The number of unbranched alkanes of at least 4 members (excludes halogenated alkanes) is 4. The molecule has 3 heteroatoms. The van der Waals surface area contributed by atoms with Crippen molar-refractivity contribution in [3.63, 3.8) is 0 Å². The molecule has 1 aromatic carbocycles. The standard InChI is InChI=1S/C23H35NOS/c1-3-5-6-7-8-10-19-13-15-20(16-14-19)21-11-9-12-22(24-18-26)23(21)25-17-4-2/h9,11-12,19-20H,3-8,10,13-17H2,1-2H3. The van der Waals surface area contributed by atoms with Gasteiger partial charge in [-0.05, 0) is 67.8 Å². The predicted octanol–water partition coefficient (Wildman–Crippen LogP) is 7.84. The smallest absolute Gasteiger partial charge is 0.149 e. The summed E-state index contributed by atoms with van der Waals surface area (Å²) in [5.41, 5.74) is 2.16. The van der Waals surface area contributed by atoms with E-state index in [0.717, 1.165) is 30.4 Å². The molecular weight excluding hydrogens is 338 g/mol. The van der Waals surface area contributed by atoms with Crippen molar-refractivity contribution in [3.8, 4) is 5.75 Å². The molecule has 0 aromatic heterocycles. The summed E-state index contributed by atoms with van der Waals surface area (Å²) in [4.78, 5) is 4.23. The molecule has 144 valence electrons. The van der Waals surface area contributed by atoms with Gasteiger partial charge >= 0.3 is 0 Å². The normalized spacial score (nSPS) is 19.8. The van der Waals surface area contributed by atoms with Gasteiger partial charge in [0.15, 0.2) is 0 Å². The average molecular weight is 374 g/mol. The fourth-order valence-electron chi connectivity index (χ4n) is 4.16. The van der Waals surface area contributed by atoms with Crippen LogP contribution in [-0.4, -0.2) is 11.8 Å². The topological polar surface area (TPSA) is 21.6 Å². The van der Waals surface area contributed by atoms with Gasteiger partial charge in [0.1, 0.15) is 11.4 Å². The number of ether oxygens (including phenoxy) is 1. The molecule has 0 spiro atoms. The second kappa shape index (κ2) is 12.3. The molecule has 0 bridgehead atoms. The van der Waals surface area contributed by atoms with Gasteiger partial charge in [0.05, 0.1) is 11.8 Å². The zero-order valence-corrected chi connectivity index (χ0v) is 17.5. The molecule has 1 aromatic rings. The van der Waals surface area contributed by atoms with Crippen molar-refractivity contribution in [2.75, 3.05) is 6.61 Å². The highest BCUT2D eigenvalue weighted by Gasteiger charge is 2.25. The largest absolute Gasteiger partial charge is 0.491 e. The zero-order valence-electron chi connectivity index (χ0n) is 16.6. The van der Waals surface area contributed by atoms with Crippen molar-refractivity contribution in [2.45, 2.75) is 90.4 Å². The van der Waals surface area contributed by atoms with E-state index in [1.54, 1.807) is 0 Å². The minimum Gasteiger partial charge on any atom is -0.491 e. The molecule has 0 radical (unpaired) electrons. The van der Waals surface area contributed by atoms with Crippen LogP contribution in [0.25, 0.3) is 0 Å². The Labute approximate surface area is 165 Å². The summed E-state index contributed by atoms with van der Waals surface area (Å²) in [6, 6.07) is 6.29. The van der Waals surface area contributed by atoms with Crippen LogP contribution in [0.3, 0.4) is 0 Å². The van der Waals surface area contributed by atoms with Crippen LogP contribution in [0.15, 0.2) is 23.2 Å². The lowest BCUT2D eigenvalue weighted by Crippen LogP contribution is -2.14. The molecule has 0 aliphatic heterocycles. The van der Waals surface area contributed by atoms with Crippen LogP contribution in [0.2, 0.25) is 0 Å². The molecule has 0 heterocycles. The van der Waals surface area contributed by atoms with Gasteiger partial charge < -0.3 is 4.74 Å². The molecule has 0 saturated heterocycles. The van der Waals surface area contributed by atoms with E-state index in [1.807, 2.05) is 6.07 Å². The zero-order chi connectivity index (χ0) is 18.6. The molecule has 0 unspecified atom stereocenters. The number of isothiocyanates is 1. The number of benzene rings is 1. The number of nitrogens with zero attached hydrogens (tertiary/aromatic N) is 1. The van der Waals surface area contributed by atoms with E-state index in [-0.39, 0.29) is 0 Å². The van der Waals surface area contributed by atoms with Gasteiger partial charge in [0, 0.05) is 0 Å². The molecular formula is C23H35NOS. The second-order valence-electron chi connectivity index (χ2n) is 7.67. The molecule has 0 N–H and O–H groups in total. The van der Waals surface area contributed by atoms with E-state index >= 15 is 0 Å². The number of hydrogen-bond acceptors (Lipinski definition) is 3. The van der Waals surface area contributed by atoms with E-state index in [0.29, 0.717) is 5.92 Å². The van der Waals surface area contributed by atoms with Crippen LogP contribution in [0.1, 0.15) is 96.0 Å². The first-order chi connectivity index (χ1) is 12.8. The van der Waals surface area contributed by atoms with Gasteiger partial charge in [-0.3, -0.25) is 0 Å². The van der Waals surface area contributed by atoms with Gasteiger partial charge in [-0.15, -0.1) is 0 Å². The van der Waals surface area contributed by atoms with E-state index in [2.05, 4.69) is 36.1 Å². The third kappa shape index (κ3) is 6.52. The summed E-state index contributed by atoms with van der Waals surface area (Å²) in [6.07, 6.45) is 14.6. The quantitative estimate of drug-likeness (QED) is 0.224. The lowest BCUT2D eigenvalue weighted by atomic mass is 9.76. The van der Waals surface area contributed by atoms with Crippen molar-refractivity contribution >= 4 is 23.1 Å². The van der Waals surface area contributed by atoms with Crippen LogP contribution in [0.4, 0.5) is 5.69 Å². The van der Waals surface area contributed by atoms with Gasteiger partial charge in [0.25, 0.3) is 0 Å². The Balaban J connectivity index is 1.93. The molecule has 0 amide bonds. The average Bonchev–Trinajstić information content (AvgIpc) is 2.67. The Kier molecular flexibility index (Phi) is 9.95. The molecule has 2 nitrogen and oxygen atoms in total. The molecule has 26 heavy (non-hydrogen) atoms. The highest BCUT2D eigenvalue weighted by atomic mass is 32.1. The predicted molar refractivity (Wildman–Crippen MR) is 115 cm³/mol. The lowest BCUT2D eigenvalue weighted by Gasteiger charge is -2.30. The number of aliphatic imine (C=N–C) groups is 1. The summed E-state index contributed by atoms with van der Waals surface area (Å²) >= 11 is 4.82. The monoisotopic (exact) mass is 373 g/mol. The maximum Gasteiger partial charge on any atom is 0.149 e. The second-order valence-corrected chi connectivity index (χ2v) is 7.85. The lowest BCUT2D eigenvalue weighted by molar-refractivity contribution is 0.285. The first-order valence-corrected chi connectivity index (χ1v) is 11.0. The minimum absolute atomic E-state index is 0.596. The van der Waals surface area contributed by atoms with Gasteiger partial charge in [-0.25, -0.2) is 0 Å². The fourth-order valence-corrected chi connectivity index (χ4v) is 4.26. The molecule has 2 rings (SSSR count). The van der Waals surface area contributed by atoms with Crippen molar-refractivity contribution in [1.82, 2.24) is 0 Å². The van der Waals surface area contributed by atoms with Gasteiger partial charge in [-0.2, -0.15) is 4.99 Å². The first-order valence-electron chi connectivity index (χ1n) is 10.6. The Morgan fingerprint density at radius 3 is 2.50 bits per heavy atom. The molecule has 1 aliphatic carbocycles. The number of para-hydroxylation sites is 1. The summed E-state index contributed by atoms with van der Waals surface area (Å²) < 4.78 is 6.07. The van der Waals surface area contributed by atoms with Crippen molar-refractivity contribution in [3.05, 3.63) is 23.8 Å². The van der Waals surface area contributed by atoms with E-state index < -0.39 is 0 Å². The van der Waals surface area contributed by atoms with Crippen LogP contribution in [0, 0.1) is 5.92 Å². The molecule has 1 fully saturated rings. The Hall–Kier alpha value is -1.18. The Bertz CT molecular complexity index is 572. The summed E-state index contributed by atoms with van der Waals surface area (Å²) in [5, 5.41) is 2.50. The molecule has 1 saturated carbocycles.